The average Bonchev–Trinajstić information content (AvgIpc) is 2.60. The smallest absolute Gasteiger partial charge is 0.271 e. The number of H-pyrrole nitrogens is 2. The molecule has 1 heterocycles. The van der Waals surface area contributed by atoms with Crippen molar-refractivity contribution in [1.29, 1.82) is 0 Å². The van der Waals surface area contributed by atoms with Crippen LogP contribution in [0.1, 0.15) is 6.42 Å². The molecular formula is C10H11N4O2Y-. The predicted octanol–water partition coefficient (Wildman–Crippen LogP) is 1.23. The van der Waals surface area contributed by atoms with Crippen molar-refractivity contribution in [3.8, 4) is 0 Å². The second-order valence-electron chi connectivity index (χ2n) is 3.44. The summed E-state index contributed by atoms with van der Waals surface area (Å²) >= 11 is 0. The van der Waals surface area contributed by atoms with Gasteiger partial charge in [-0.05, 0) is 18.2 Å². The number of anilines is 1. The molecule has 0 atom stereocenters. The molecule has 1 aromatic heterocycles. The third-order valence-electron chi connectivity index (χ3n) is 2.26. The maximum atomic E-state index is 11.2. The number of amides is 1. The molecule has 1 radical (unpaired) electrons. The first-order valence-electron chi connectivity index (χ1n) is 4.85. The van der Waals surface area contributed by atoms with Crippen LogP contribution in [0.3, 0.4) is 0 Å². The summed E-state index contributed by atoms with van der Waals surface area (Å²) < 4.78 is 0. The summed E-state index contributed by atoms with van der Waals surface area (Å²) in [7, 11) is 0. The Bertz CT molecular complexity index is 575. The van der Waals surface area contributed by atoms with Crippen LogP contribution in [0.15, 0.2) is 23.0 Å². The molecular weight excluding hydrogens is 297 g/mol. The van der Waals surface area contributed by atoms with Gasteiger partial charge in [0.1, 0.15) is 0 Å². The van der Waals surface area contributed by atoms with Gasteiger partial charge in [0.2, 0.25) is 0 Å². The number of nitrogens with one attached hydrogen (secondary N) is 4. The van der Waals surface area contributed by atoms with Crippen molar-refractivity contribution in [2.45, 2.75) is 6.42 Å². The summed E-state index contributed by atoms with van der Waals surface area (Å²) in [5.74, 6) is -0.594. The van der Waals surface area contributed by atoms with E-state index in [1.54, 1.807) is 18.2 Å². The van der Waals surface area contributed by atoms with Crippen LogP contribution in [0.5, 0.6) is 0 Å². The summed E-state index contributed by atoms with van der Waals surface area (Å²) in [4.78, 5) is 21.6. The largest absolute Gasteiger partial charge is 0.668 e. The predicted molar refractivity (Wildman–Crippen MR) is 61.4 cm³/mol. The Kier molecular flexibility index (Phi) is 4.90. The molecule has 17 heavy (non-hydrogen) atoms. The summed E-state index contributed by atoms with van der Waals surface area (Å²) in [6.07, 6.45) is 0.168. The number of hydrogen-bond donors (Lipinski definition) is 3. The zero-order chi connectivity index (χ0) is 11.5. The van der Waals surface area contributed by atoms with Gasteiger partial charge >= 0.3 is 0 Å². The van der Waals surface area contributed by atoms with Crippen LogP contribution >= 0.6 is 0 Å². The van der Waals surface area contributed by atoms with Crippen LogP contribution in [0, 0.1) is 0 Å². The summed E-state index contributed by atoms with van der Waals surface area (Å²) in [6.45, 7) is 0.419. The molecule has 1 amide bonds. The summed E-state index contributed by atoms with van der Waals surface area (Å²) in [6, 6.07) is 5.25. The molecule has 1 aromatic carbocycles. The Labute approximate surface area is 122 Å². The third kappa shape index (κ3) is 3.41. The Morgan fingerprint density at radius 3 is 2.82 bits per heavy atom. The second kappa shape index (κ2) is 5.98. The van der Waals surface area contributed by atoms with Crippen LogP contribution in [0.4, 0.5) is 5.69 Å². The van der Waals surface area contributed by atoms with Crippen molar-refractivity contribution in [3.05, 3.63) is 34.3 Å². The minimum Gasteiger partial charge on any atom is -0.668 e. The number of carbonyl (C=O) groups excluding carboxylic acids is 1. The topological polar surface area (TPSA) is 102 Å². The van der Waals surface area contributed by atoms with E-state index in [0.29, 0.717) is 17.4 Å². The minimum absolute atomic E-state index is 0. The molecule has 6 nitrogen and oxygen atoms in total. The number of hydrogen-bond acceptors (Lipinski definition) is 3. The van der Waals surface area contributed by atoms with Gasteiger partial charge < -0.3 is 15.8 Å². The first-order chi connectivity index (χ1) is 7.66. The van der Waals surface area contributed by atoms with E-state index in [4.69, 9.17) is 5.73 Å². The van der Waals surface area contributed by atoms with Gasteiger partial charge in [0.15, 0.2) is 0 Å². The first kappa shape index (κ1) is 13.9. The SMILES string of the molecule is [NH-]C(=O)CCNc1ccc2c(=O)[nH][nH]c2c1.[Y]. The van der Waals surface area contributed by atoms with E-state index >= 15 is 0 Å². The van der Waals surface area contributed by atoms with E-state index in [9.17, 15) is 9.59 Å². The van der Waals surface area contributed by atoms with Crippen LogP contribution in [0.25, 0.3) is 16.6 Å². The molecule has 87 valence electrons. The van der Waals surface area contributed by atoms with E-state index in [2.05, 4.69) is 15.5 Å². The second-order valence-corrected chi connectivity index (χ2v) is 3.44. The number of benzene rings is 1. The number of aromatic nitrogens is 2. The zero-order valence-corrected chi connectivity index (χ0v) is 11.9. The number of fused-ring (bicyclic) bond motifs is 1. The molecule has 0 aliphatic rings. The monoisotopic (exact) mass is 308 g/mol. The third-order valence-corrected chi connectivity index (χ3v) is 2.26. The number of aromatic amines is 2. The quantitative estimate of drug-likeness (QED) is 0.791. The summed E-state index contributed by atoms with van der Waals surface area (Å²) in [5.41, 5.74) is 8.12. The van der Waals surface area contributed by atoms with E-state index in [1.807, 2.05) is 0 Å². The van der Waals surface area contributed by atoms with E-state index in [1.165, 1.54) is 0 Å². The minimum atomic E-state index is -0.594. The Balaban J connectivity index is 0.00000144. The van der Waals surface area contributed by atoms with Gasteiger partial charge in [0.05, 0.1) is 16.8 Å². The van der Waals surface area contributed by atoms with Crippen molar-refractivity contribution in [2.24, 2.45) is 0 Å². The van der Waals surface area contributed by atoms with Crippen molar-refractivity contribution in [2.75, 3.05) is 11.9 Å². The van der Waals surface area contributed by atoms with Crippen LogP contribution < -0.4 is 10.9 Å². The van der Waals surface area contributed by atoms with Gasteiger partial charge in [-0.2, -0.15) is 0 Å². The standard InChI is InChI=1S/C10H12N4O2.Y/c11-9(15)3-4-12-6-1-2-7-8(5-6)13-14-10(7)16;/h1-2,5H,3-4H2,(H5,11,12,13,14,15,16);/p-1. The van der Waals surface area contributed by atoms with E-state index in [0.717, 1.165) is 5.69 Å². The van der Waals surface area contributed by atoms with Gasteiger partial charge in [-0.15, -0.1) is 0 Å². The molecule has 0 bridgehead atoms. The Morgan fingerprint density at radius 2 is 2.12 bits per heavy atom. The maximum absolute atomic E-state index is 11.2. The molecule has 0 aliphatic heterocycles. The maximum Gasteiger partial charge on any atom is 0.271 e. The van der Waals surface area contributed by atoms with Crippen LogP contribution in [-0.2, 0) is 37.5 Å². The molecule has 7 heteroatoms. The van der Waals surface area contributed by atoms with Gasteiger partial charge in [0, 0.05) is 51.4 Å². The number of rotatable bonds is 4. The molecule has 4 N–H and O–H groups in total. The molecule has 0 saturated carbocycles. The molecule has 0 spiro atoms. The van der Waals surface area contributed by atoms with Gasteiger partial charge in [-0.1, -0.05) is 0 Å². The average molecular weight is 308 g/mol. The molecule has 2 aromatic rings. The Morgan fingerprint density at radius 1 is 1.35 bits per heavy atom. The van der Waals surface area contributed by atoms with Gasteiger partial charge in [0.25, 0.3) is 5.56 Å². The van der Waals surface area contributed by atoms with Crippen molar-refractivity contribution < 1.29 is 37.5 Å². The van der Waals surface area contributed by atoms with E-state index < -0.39 is 5.91 Å². The van der Waals surface area contributed by atoms with Crippen LogP contribution in [-0.4, -0.2) is 22.6 Å². The van der Waals surface area contributed by atoms with Crippen molar-refractivity contribution in [3.63, 3.8) is 0 Å². The van der Waals surface area contributed by atoms with Crippen LogP contribution in [0.2, 0.25) is 0 Å². The van der Waals surface area contributed by atoms with Crippen molar-refractivity contribution in [1.82, 2.24) is 10.2 Å². The summed E-state index contributed by atoms with van der Waals surface area (Å²) in [5, 5.41) is 8.83. The fourth-order valence-electron chi connectivity index (χ4n) is 1.47. The fourth-order valence-corrected chi connectivity index (χ4v) is 1.47. The molecule has 0 saturated heterocycles. The molecule has 0 unspecified atom stereocenters. The zero-order valence-electron chi connectivity index (χ0n) is 9.04. The molecule has 0 fully saturated rings. The van der Waals surface area contributed by atoms with Gasteiger partial charge in [-0.3, -0.25) is 15.0 Å². The fraction of sp³-hybridized carbons (Fsp3) is 0.200. The Hall–Kier alpha value is -1.14. The molecule has 0 aliphatic carbocycles. The number of carbonyl (C=O) groups is 1. The van der Waals surface area contributed by atoms with E-state index in [-0.39, 0.29) is 44.7 Å². The van der Waals surface area contributed by atoms with Gasteiger partial charge in [-0.25, -0.2) is 0 Å². The van der Waals surface area contributed by atoms with Crippen molar-refractivity contribution >= 4 is 22.5 Å². The normalized spacial score (nSPS) is 9.88. The first-order valence-corrected chi connectivity index (χ1v) is 4.85. The molecule has 2 rings (SSSR count).